The average Bonchev–Trinajstić information content (AvgIpc) is 2.68. The molecule has 0 radical (unpaired) electrons. The molecule has 3 rings (SSSR count). The summed E-state index contributed by atoms with van der Waals surface area (Å²) in [7, 11) is 0. The SMILES string of the molecule is CC(C)c1ccccc1NC(=O)c1cnc(NCc2ccccc2)nc1. The zero-order valence-electron chi connectivity index (χ0n) is 14.9. The third-order valence-corrected chi connectivity index (χ3v) is 4.04. The van der Waals surface area contributed by atoms with Crippen LogP contribution >= 0.6 is 0 Å². The van der Waals surface area contributed by atoms with Gasteiger partial charge in [-0.3, -0.25) is 4.79 Å². The fraction of sp³-hybridized carbons (Fsp3) is 0.190. The standard InChI is InChI=1S/C21H22N4O/c1-15(2)18-10-6-7-11-19(18)25-20(26)17-13-23-21(24-14-17)22-12-16-8-4-3-5-9-16/h3-11,13-15H,12H2,1-2H3,(H,25,26)(H,22,23,24). The molecule has 5 heteroatoms. The maximum atomic E-state index is 12.5. The fourth-order valence-electron chi connectivity index (χ4n) is 2.62. The van der Waals surface area contributed by atoms with Crippen LogP contribution in [0.4, 0.5) is 11.6 Å². The summed E-state index contributed by atoms with van der Waals surface area (Å²) in [5, 5.41) is 6.09. The molecule has 2 aromatic carbocycles. The van der Waals surface area contributed by atoms with Gasteiger partial charge in [-0.1, -0.05) is 62.4 Å². The van der Waals surface area contributed by atoms with Crippen molar-refractivity contribution >= 4 is 17.5 Å². The van der Waals surface area contributed by atoms with Crippen molar-refractivity contribution < 1.29 is 4.79 Å². The van der Waals surface area contributed by atoms with Gasteiger partial charge < -0.3 is 10.6 Å². The van der Waals surface area contributed by atoms with E-state index >= 15 is 0 Å². The van der Waals surface area contributed by atoms with Crippen molar-refractivity contribution in [3.8, 4) is 0 Å². The highest BCUT2D eigenvalue weighted by molar-refractivity contribution is 6.04. The third-order valence-electron chi connectivity index (χ3n) is 4.04. The van der Waals surface area contributed by atoms with E-state index in [0.717, 1.165) is 16.8 Å². The van der Waals surface area contributed by atoms with Gasteiger partial charge in [0.05, 0.1) is 5.56 Å². The number of anilines is 2. The Balaban J connectivity index is 1.64. The summed E-state index contributed by atoms with van der Waals surface area (Å²) < 4.78 is 0. The van der Waals surface area contributed by atoms with E-state index in [4.69, 9.17) is 0 Å². The van der Waals surface area contributed by atoms with Crippen LogP contribution in [0.2, 0.25) is 0 Å². The molecular formula is C21H22N4O. The molecule has 0 unspecified atom stereocenters. The van der Waals surface area contributed by atoms with Gasteiger partial charge in [0.25, 0.3) is 5.91 Å². The van der Waals surface area contributed by atoms with Gasteiger partial charge in [-0.05, 0) is 23.1 Å². The van der Waals surface area contributed by atoms with Crippen molar-refractivity contribution in [1.29, 1.82) is 0 Å². The fourth-order valence-corrected chi connectivity index (χ4v) is 2.62. The number of aromatic nitrogens is 2. The van der Waals surface area contributed by atoms with E-state index in [1.54, 1.807) is 0 Å². The molecule has 3 aromatic rings. The molecule has 0 saturated carbocycles. The van der Waals surface area contributed by atoms with E-state index in [9.17, 15) is 4.79 Å². The van der Waals surface area contributed by atoms with E-state index in [2.05, 4.69) is 34.4 Å². The van der Waals surface area contributed by atoms with Crippen LogP contribution in [0.5, 0.6) is 0 Å². The maximum absolute atomic E-state index is 12.5. The lowest BCUT2D eigenvalue weighted by Crippen LogP contribution is -2.15. The van der Waals surface area contributed by atoms with E-state index in [1.807, 2.05) is 54.6 Å². The van der Waals surface area contributed by atoms with Gasteiger partial charge in [0, 0.05) is 24.6 Å². The maximum Gasteiger partial charge on any atom is 0.258 e. The van der Waals surface area contributed by atoms with Gasteiger partial charge in [-0.2, -0.15) is 0 Å². The van der Waals surface area contributed by atoms with Crippen LogP contribution in [0.1, 0.15) is 41.3 Å². The number of nitrogens with one attached hydrogen (secondary N) is 2. The van der Waals surface area contributed by atoms with Gasteiger partial charge in [0.2, 0.25) is 5.95 Å². The molecule has 26 heavy (non-hydrogen) atoms. The molecule has 1 heterocycles. The van der Waals surface area contributed by atoms with Gasteiger partial charge in [0.15, 0.2) is 0 Å². The van der Waals surface area contributed by atoms with Crippen LogP contribution in [0.3, 0.4) is 0 Å². The Bertz CT molecular complexity index is 861. The lowest BCUT2D eigenvalue weighted by Gasteiger charge is -2.13. The summed E-state index contributed by atoms with van der Waals surface area (Å²) in [6.07, 6.45) is 3.07. The Morgan fingerprint density at radius 3 is 2.31 bits per heavy atom. The second kappa shape index (κ2) is 8.25. The number of amides is 1. The van der Waals surface area contributed by atoms with Crippen molar-refractivity contribution in [2.45, 2.75) is 26.3 Å². The number of hydrogen-bond donors (Lipinski definition) is 2. The minimum atomic E-state index is -0.215. The lowest BCUT2D eigenvalue weighted by molar-refractivity contribution is 0.102. The Labute approximate surface area is 153 Å². The normalized spacial score (nSPS) is 10.6. The first-order chi connectivity index (χ1) is 12.6. The second-order valence-electron chi connectivity index (χ2n) is 6.33. The van der Waals surface area contributed by atoms with E-state index in [1.165, 1.54) is 12.4 Å². The molecule has 132 valence electrons. The Morgan fingerprint density at radius 2 is 1.62 bits per heavy atom. The number of carbonyl (C=O) groups is 1. The highest BCUT2D eigenvalue weighted by atomic mass is 16.1. The van der Waals surface area contributed by atoms with E-state index in [-0.39, 0.29) is 5.91 Å². The van der Waals surface area contributed by atoms with Gasteiger partial charge in [0.1, 0.15) is 0 Å². The summed E-state index contributed by atoms with van der Waals surface area (Å²) in [6, 6.07) is 17.8. The summed E-state index contributed by atoms with van der Waals surface area (Å²) in [5.74, 6) is 0.605. The largest absolute Gasteiger partial charge is 0.350 e. The molecule has 0 aliphatic heterocycles. The molecule has 0 aliphatic rings. The Morgan fingerprint density at radius 1 is 0.962 bits per heavy atom. The number of para-hydroxylation sites is 1. The minimum absolute atomic E-state index is 0.215. The van der Waals surface area contributed by atoms with Gasteiger partial charge >= 0.3 is 0 Å². The molecule has 0 bridgehead atoms. The molecule has 0 fully saturated rings. The summed E-state index contributed by atoms with van der Waals surface area (Å²) in [5.41, 5.74) is 3.48. The molecule has 0 aliphatic carbocycles. The molecule has 0 spiro atoms. The van der Waals surface area contributed by atoms with Crippen LogP contribution in [-0.2, 0) is 6.54 Å². The van der Waals surface area contributed by atoms with Crippen molar-refractivity contribution in [2.24, 2.45) is 0 Å². The number of hydrogen-bond acceptors (Lipinski definition) is 4. The van der Waals surface area contributed by atoms with E-state index in [0.29, 0.717) is 24.0 Å². The molecular weight excluding hydrogens is 324 g/mol. The summed E-state index contributed by atoms with van der Waals surface area (Å²) in [4.78, 5) is 20.9. The topological polar surface area (TPSA) is 66.9 Å². The summed E-state index contributed by atoms with van der Waals surface area (Å²) in [6.45, 7) is 4.83. The minimum Gasteiger partial charge on any atom is -0.350 e. The Hall–Kier alpha value is -3.21. The molecule has 0 atom stereocenters. The van der Waals surface area contributed by atoms with Crippen LogP contribution in [-0.4, -0.2) is 15.9 Å². The smallest absolute Gasteiger partial charge is 0.258 e. The van der Waals surface area contributed by atoms with E-state index < -0.39 is 0 Å². The first-order valence-electron chi connectivity index (χ1n) is 8.63. The molecule has 0 saturated heterocycles. The first-order valence-corrected chi connectivity index (χ1v) is 8.63. The number of carbonyl (C=O) groups excluding carboxylic acids is 1. The zero-order chi connectivity index (χ0) is 18.4. The molecule has 1 amide bonds. The highest BCUT2D eigenvalue weighted by Crippen LogP contribution is 2.24. The quantitative estimate of drug-likeness (QED) is 0.691. The number of rotatable bonds is 6. The van der Waals surface area contributed by atoms with Gasteiger partial charge in [-0.15, -0.1) is 0 Å². The highest BCUT2D eigenvalue weighted by Gasteiger charge is 2.11. The van der Waals surface area contributed by atoms with Crippen molar-refractivity contribution in [3.63, 3.8) is 0 Å². The molecule has 2 N–H and O–H groups in total. The zero-order valence-corrected chi connectivity index (χ0v) is 14.9. The van der Waals surface area contributed by atoms with Gasteiger partial charge in [-0.25, -0.2) is 9.97 Å². The van der Waals surface area contributed by atoms with Crippen LogP contribution in [0.15, 0.2) is 67.0 Å². The number of benzene rings is 2. The predicted molar refractivity (Wildman–Crippen MR) is 104 cm³/mol. The van der Waals surface area contributed by atoms with Crippen LogP contribution in [0, 0.1) is 0 Å². The van der Waals surface area contributed by atoms with Crippen molar-refractivity contribution in [3.05, 3.63) is 83.7 Å². The molecule has 5 nitrogen and oxygen atoms in total. The number of nitrogens with zero attached hydrogens (tertiary/aromatic N) is 2. The van der Waals surface area contributed by atoms with Crippen LogP contribution < -0.4 is 10.6 Å². The first kappa shape index (κ1) is 17.6. The second-order valence-corrected chi connectivity index (χ2v) is 6.33. The Kier molecular flexibility index (Phi) is 5.59. The average molecular weight is 346 g/mol. The lowest BCUT2D eigenvalue weighted by atomic mass is 10.0. The predicted octanol–water partition coefficient (Wildman–Crippen LogP) is 4.46. The summed E-state index contributed by atoms with van der Waals surface area (Å²) >= 11 is 0. The molecule has 1 aromatic heterocycles. The van der Waals surface area contributed by atoms with Crippen molar-refractivity contribution in [2.75, 3.05) is 10.6 Å². The third kappa shape index (κ3) is 4.45. The monoisotopic (exact) mass is 346 g/mol. The van der Waals surface area contributed by atoms with Crippen LogP contribution in [0.25, 0.3) is 0 Å². The van der Waals surface area contributed by atoms with Crippen molar-refractivity contribution in [1.82, 2.24) is 9.97 Å².